The van der Waals surface area contributed by atoms with Gasteiger partial charge in [0, 0.05) is 25.1 Å². The minimum atomic E-state index is -4.76. The van der Waals surface area contributed by atoms with Crippen LogP contribution in [0.1, 0.15) is 23.2 Å². The Bertz CT molecular complexity index is 1380. The number of hydrogen-bond donors (Lipinski definition) is 1. The summed E-state index contributed by atoms with van der Waals surface area (Å²) in [6.07, 6.45) is -3.88. The van der Waals surface area contributed by atoms with E-state index in [-0.39, 0.29) is 17.6 Å². The van der Waals surface area contributed by atoms with Crippen molar-refractivity contribution in [3.8, 4) is 5.75 Å². The standard InChI is InChI=1S/C23H21F3N4O4S/c1-30-18-6-2-13(19(31)7-4-15-12-32-8-9-33-15)10-17(18)27-21(30)29-22-28-16-5-3-14(11-20(16)35-22)34-23(24,25)26/h2-3,5-6,10-11,15H,4,7-9,12H2,1H3,(H,27,28,29). The molecule has 35 heavy (non-hydrogen) atoms. The number of fused-ring (bicyclic) bond motifs is 2. The lowest BCUT2D eigenvalue weighted by molar-refractivity contribution is -0.274. The fraction of sp³-hybridized carbons (Fsp3) is 0.348. The molecule has 3 heterocycles. The summed E-state index contributed by atoms with van der Waals surface area (Å²) in [5, 5.41) is 3.58. The summed E-state index contributed by atoms with van der Waals surface area (Å²) >= 11 is 1.18. The lowest BCUT2D eigenvalue weighted by Gasteiger charge is -2.22. The van der Waals surface area contributed by atoms with Gasteiger partial charge >= 0.3 is 6.36 Å². The fourth-order valence-corrected chi connectivity index (χ4v) is 4.76. The van der Waals surface area contributed by atoms with Crippen molar-refractivity contribution in [3.63, 3.8) is 0 Å². The molecule has 1 aliphatic heterocycles. The van der Waals surface area contributed by atoms with Crippen molar-refractivity contribution < 1.29 is 32.2 Å². The zero-order chi connectivity index (χ0) is 24.6. The Kier molecular flexibility index (Phi) is 6.34. The predicted molar refractivity (Wildman–Crippen MR) is 124 cm³/mol. The number of nitrogens with one attached hydrogen (secondary N) is 1. The van der Waals surface area contributed by atoms with Crippen LogP contribution in [0, 0.1) is 0 Å². The molecule has 12 heteroatoms. The number of halogens is 3. The van der Waals surface area contributed by atoms with Crippen LogP contribution in [-0.4, -0.2) is 52.6 Å². The molecule has 0 amide bonds. The van der Waals surface area contributed by atoms with Gasteiger partial charge in [-0.05, 0) is 36.8 Å². The van der Waals surface area contributed by atoms with Gasteiger partial charge in [-0.25, -0.2) is 9.97 Å². The van der Waals surface area contributed by atoms with Gasteiger partial charge in [0.15, 0.2) is 10.9 Å². The number of Topliss-reactive ketones (excluding diaryl/α,β-unsaturated/α-hetero) is 1. The van der Waals surface area contributed by atoms with E-state index in [1.54, 1.807) is 12.1 Å². The maximum atomic E-state index is 12.7. The summed E-state index contributed by atoms with van der Waals surface area (Å²) < 4.78 is 54.8. The number of aryl methyl sites for hydroxylation is 1. The maximum absolute atomic E-state index is 12.7. The minimum absolute atomic E-state index is 0.00397. The Balaban J connectivity index is 1.32. The van der Waals surface area contributed by atoms with Crippen LogP contribution in [0.3, 0.4) is 0 Å². The van der Waals surface area contributed by atoms with E-state index in [9.17, 15) is 18.0 Å². The highest BCUT2D eigenvalue weighted by atomic mass is 32.1. The van der Waals surface area contributed by atoms with Gasteiger partial charge in [-0.3, -0.25) is 4.79 Å². The molecule has 2 aromatic carbocycles. The molecule has 1 unspecified atom stereocenters. The highest BCUT2D eigenvalue weighted by molar-refractivity contribution is 7.22. The van der Waals surface area contributed by atoms with Gasteiger partial charge in [-0.2, -0.15) is 0 Å². The zero-order valence-electron chi connectivity index (χ0n) is 18.6. The molecular weight excluding hydrogens is 485 g/mol. The average molecular weight is 507 g/mol. The van der Waals surface area contributed by atoms with Crippen LogP contribution in [0.15, 0.2) is 36.4 Å². The maximum Gasteiger partial charge on any atom is 0.573 e. The first-order chi connectivity index (χ1) is 16.7. The van der Waals surface area contributed by atoms with Gasteiger partial charge in [0.1, 0.15) is 5.75 Å². The first kappa shape index (κ1) is 23.5. The normalized spacial score (nSPS) is 16.6. The Morgan fingerprint density at radius 2 is 2.06 bits per heavy atom. The van der Waals surface area contributed by atoms with Crippen LogP contribution in [0.25, 0.3) is 21.3 Å². The van der Waals surface area contributed by atoms with Crippen molar-refractivity contribution in [1.82, 2.24) is 14.5 Å². The average Bonchev–Trinajstić information content (AvgIpc) is 3.36. The van der Waals surface area contributed by atoms with Gasteiger partial charge in [0.25, 0.3) is 0 Å². The molecule has 1 atom stereocenters. The lowest BCUT2D eigenvalue weighted by atomic mass is 10.0. The highest BCUT2D eigenvalue weighted by Crippen LogP contribution is 2.33. The predicted octanol–water partition coefficient (Wildman–Crippen LogP) is 5.20. The molecule has 0 aliphatic carbocycles. The van der Waals surface area contributed by atoms with Gasteiger partial charge in [0.05, 0.1) is 47.2 Å². The number of carbonyl (C=O) groups excluding carboxylic acids is 1. The molecule has 1 saturated heterocycles. The molecule has 5 rings (SSSR count). The third-order valence-corrected chi connectivity index (χ3v) is 6.53. The van der Waals surface area contributed by atoms with E-state index >= 15 is 0 Å². The van der Waals surface area contributed by atoms with Gasteiger partial charge in [-0.15, -0.1) is 13.2 Å². The minimum Gasteiger partial charge on any atom is -0.406 e. The van der Waals surface area contributed by atoms with Gasteiger partial charge in [0.2, 0.25) is 5.95 Å². The molecule has 0 bridgehead atoms. The number of thiazole rings is 1. The molecule has 1 N–H and O–H groups in total. The number of rotatable bonds is 7. The van der Waals surface area contributed by atoms with Crippen molar-refractivity contribution in [3.05, 3.63) is 42.0 Å². The monoisotopic (exact) mass is 506 g/mol. The summed E-state index contributed by atoms with van der Waals surface area (Å²) in [4.78, 5) is 21.7. The van der Waals surface area contributed by atoms with Crippen LogP contribution >= 0.6 is 11.3 Å². The van der Waals surface area contributed by atoms with Crippen molar-refractivity contribution in [2.75, 3.05) is 25.1 Å². The first-order valence-corrected chi connectivity index (χ1v) is 11.7. The van der Waals surface area contributed by atoms with Crippen LogP contribution < -0.4 is 10.1 Å². The quantitative estimate of drug-likeness (QED) is 0.345. The Morgan fingerprint density at radius 3 is 2.83 bits per heavy atom. The van der Waals surface area contributed by atoms with Crippen LogP contribution in [-0.2, 0) is 16.5 Å². The molecular formula is C23H21F3N4O4S. The van der Waals surface area contributed by atoms with Crippen molar-refractivity contribution >= 4 is 49.4 Å². The topological polar surface area (TPSA) is 87.5 Å². The lowest BCUT2D eigenvalue weighted by Crippen LogP contribution is -2.29. The van der Waals surface area contributed by atoms with Crippen LogP contribution in [0.5, 0.6) is 5.75 Å². The second-order valence-electron chi connectivity index (χ2n) is 8.05. The van der Waals surface area contributed by atoms with E-state index in [4.69, 9.17) is 9.47 Å². The Labute approximate surface area is 201 Å². The van der Waals surface area contributed by atoms with E-state index in [1.807, 2.05) is 17.7 Å². The summed E-state index contributed by atoms with van der Waals surface area (Å²) in [5.41, 5.74) is 2.55. The largest absolute Gasteiger partial charge is 0.573 e. The zero-order valence-corrected chi connectivity index (χ0v) is 19.4. The number of carbonyl (C=O) groups is 1. The SMILES string of the molecule is Cn1c(Nc2nc3ccc(OC(F)(F)F)cc3s2)nc2cc(C(=O)CCC3COCCO3)ccc21. The number of anilines is 2. The van der Waals surface area contributed by atoms with E-state index in [0.29, 0.717) is 65.0 Å². The van der Waals surface area contributed by atoms with E-state index in [1.165, 1.54) is 29.5 Å². The summed E-state index contributed by atoms with van der Waals surface area (Å²) in [6, 6.07) is 9.34. The number of imidazole rings is 1. The molecule has 8 nitrogen and oxygen atoms in total. The van der Waals surface area contributed by atoms with Crippen LogP contribution in [0.4, 0.5) is 24.3 Å². The molecule has 0 radical (unpaired) electrons. The van der Waals surface area contributed by atoms with Crippen molar-refractivity contribution in [1.29, 1.82) is 0 Å². The first-order valence-electron chi connectivity index (χ1n) is 10.9. The number of ether oxygens (including phenoxy) is 3. The molecule has 184 valence electrons. The summed E-state index contributed by atoms with van der Waals surface area (Å²) in [6.45, 7) is 1.64. The van der Waals surface area contributed by atoms with E-state index in [0.717, 1.165) is 5.52 Å². The van der Waals surface area contributed by atoms with Crippen molar-refractivity contribution in [2.45, 2.75) is 25.3 Å². The Morgan fingerprint density at radius 1 is 1.20 bits per heavy atom. The summed E-state index contributed by atoms with van der Waals surface area (Å²) in [7, 11) is 1.82. The molecule has 0 saturated carbocycles. The van der Waals surface area contributed by atoms with E-state index in [2.05, 4.69) is 20.0 Å². The fourth-order valence-electron chi connectivity index (χ4n) is 3.88. The Hall–Kier alpha value is -3.22. The third kappa shape index (κ3) is 5.39. The molecule has 1 fully saturated rings. The second-order valence-corrected chi connectivity index (χ2v) is 9.08. The molecule has 2 aromatic heterocycles. The second kappa shape index (κ2) is 9.44. The van der Waals surface area contributed by atoms with E-state index < -0.39 is 6.36 Å². The molecule has 0 spiro atoms. The van der Waals surface area contributed by atoms with Crippen molar-refractivity contribution in [2.24, 2.45) is 7.05 Å². The third-order valence-electron chi connectivity index (χ3n) is 5.59. The number of hydrogen-bond acceptors (Lipinski definition) is 8. The number of alkyl halides is 3. The highest BCUT2D eigenvalue weighted by Gasteiger charge is 2.31. The number of benzene rings is 2. The number of aromatic nitrogens is 3. The van der Waals surface area contributed by atoms with Gasteiger partial charge < -0.3 is 24.1 Å². The number of ketones is 1. The smallest absolute Gasteiger partial charge is 0.406 e. The molecule has 4 aromatic rings. The van der Waals surface area contributed by atoms with Crippen LogP contribution in [0.2, 0.25) is 0 Å². The number of nitrogens with zero attached hydrogens (tertiary/aromatic N) is 3. The summed E-state index contributed by atoms with van der Waals surface area (Å²) in [5.74, 6) is 0.190. The molecule has 1 aliphatic rings. The van der Waals surface area contributed by atoms with Gasteiger partial charge in [-0.1, -0.05) is 11.3 Å².